The van der Waals surface area contributed by atoms with Gasteiger partial charge in [-0.2, -0.15) is 5.10 Å². The molecule has 0 radical (unpaired) electrons. The van der Waals surface area contributed by atoms with E-state index in [-0.39, 0.29) is 25.0 Å². The van der Waals surface area contributed by atoms with Gasteiger partial charge < -0.3 is 20.5 Å². The van der Waals surface area contributed by atoms with Crippen LogP contribution in [0, 0.1) is 23.7 Å². The molecule has 39 heavy (non-hydrogen) atoms. The summed E-state index contributed by atoms with van der Waals surface area (Å²) in [5.74, 6) is 2.03. The number of nitrogens with zero attached hydrogens (tertiary/aromatic N) is 1. The van der Waals surface area contributed by atoms with E-state index in [0.29, 0.717) is 18.3 Å². The van der Waals surface area contributed by atoms with E-state index < -0.39 is 17.7 Å². The fourth-order valence-corrected chi connectivity index (χ4v) is 7.53. The third kappa shape index (κ3) is 5.39. The number of aromatic nitrogens is 2. The van der Waals surface area contributed by atoms with E-state index in [2.05, 4.69) is 20.8 Å². The molecule has 4 saturated carbocycles. The topological polar surface area (TPSA) is 116 Å². The van der Waals surface area contributed by atoms with Gasteiger partial charge in [-0.25, -0.2) is 4.79 Å². The number of amides is 2. The number of fused-ring (bicyclic) bond motifs is 1. The second kappa shape index (κ2) is 10.6. The molecule has 0 spiro atoms. The maximum absolute atomic E-state index is 13.8. The van der Waals surface area contributed by atoms with Crippen molar-refractivity contribution in [3.05, 3.63) is 65.9 Å². The molecule has 0 saturated heterocycles. The lowest BCUT2D eigenvalue weighted by Crippen LogP contribution is -2.61. The third-order valence-corrected chi connectivity index (χ3v) is 9.21. The van der Waals surface area contributed by atoms with E-state index in [4.69, 9.17) is 4.74 Å². The van der Waals surface area contributed by atoms with Gasteiger partial charge in [0.25, 0.3) is 0 Å². The first-order valence-electron chi connectivity index (χ1n) is 14.3. The van der Waals surface area contributed by atoms with E-state index in [9.17, 15) is 14.7 Å². The van der Waals surface area contributed by atoms with E-state index in [1.54, 1.807) is 6.92 Å². The molecular weight excluding hydrogens is 492 g/mol. The van der Waals surface area contributed by atoms with Crippen molar-refractivity contribution in [2.75, 3.05) is 6.61 Å². The van der Waals surface area contributed by atoms with Crippen LogP contribution in [0.3, 0.4) is 0 Å². The Morgan fingerprint density at radius 2 is 1.69 bits per heavy atom. The first-order valence-corrected chi connectivity index (χ1v) is 14.3. The number of hydrogen-bond acceptors (Lipinski definition) is 5. The fraction of sp³-hybridized carbons (Fsp3) is 0.516. The molecule has 7 rings (SSSR count). The van der Waals surface area contributed by atoms with Crippen LogP contribution in [0.5, 0.6) is 0 Å². The average molecular weight is 531 g/mol. The van der Waals surface area contributed by atoms with Crippen molar-refractivity contribution in [3.8, 4) is 0 Å². The van der Waals surface area contributed by atoms with Crippen molar-refractivity contribution < 1.29 is 19.4 Å². The molecule has 0 aliphatic heterocycles. The van der Waals surface area contributed by atoms with Gasteiger partial charge in [0.2, 0.25) is 5.91 Å². The van der Waals surface area contributed by atoms with E-state index >= 15 is 0 Å². The van der Waals surface area contributed by atoms with Crippen molar-refractivity contribution in [1.82, 2.24) is 20.8 Å². The number of para-hydroxylation sites is 1. The van der Waals surface area contributed by atoms with Gasteiger partial charge in [0.15, 0.2) is 0 Å². The molecule has 206 valence electrons. The summed E-state index contributed by atoms with van der Waals surface area (Å²) in [7, 11) is 0. The molecule has 4 aliphatic rings. The van der Waals surface area contributed by atoms with Crippen LogP contribution in [0.4, 0.5) is 4.79 Å². The zero-order chi connectivity index (χ0) is 27.0. The number of aliphatic hydroxyl groups excluding tert-OH is 1. The number of alkyl carbamates (subject to hydrolysis) is 1. The Kier molecular flexibility index (Phi) is 7.06. The molecular formula is C31H38N4O4. The SMILES string of the molecule is CC(Cc1[nH]nc2ccccc12)(NC(=O)OC1C2CC3CC(C2)CC1C3)C(=O)NC(CO)Cc1ccccc1. The van der Waals surface area contributed by atoms with Crippen molar-refractivity contribution >= 4 is 22.9 Å². The van der Waals surface area contributed by atoms with Crippen LogP contribution < -0.4 is 10.6 Å². The number of aromatic amines is 1. The van der Waals surface area contributed by atoms with Crippen LogP contribution >= 0.6 is 0 Å². The molecule has 2 amide bonds. The van der Waals surface area contributed by atoms with E-state index in [1.807, 2.05) is 54.6 Å². The van der Waals surface area contributed by atoms with Gasteiger partial charge in [-0.05, 0) is 80.8 Å². The van der Waals surface area contributed by atoms with Gasteiger partial charge in [0.05, 0.1) is 18.2 Å². The highest BCUT2D eigenvalue weighted by Crippen LogP contribution is 2.54. The Morgan fingerprint density at radius 1 is 1.03 bits per heavy atom. The summed E-state index contributed by atoms with van der Waals surface area (Å²) in [6.07, 6.45) is 5.92. The molecule has 4 N–H and O–H groups in total. The van der Waals surface area contributed by atoms with Crippen molar-refractivity contribution in [2.45, 2.75) is 69.6 Å². The van der Waals surface area contributed by atoms with Gasteiger partial charge in [-0.3, -0.25) is 9.89 Å². The Bertz CT molecular complexity index is 1300. The second-order valence-electron chi connectivity index (χ2n) is 12.2. The molecule has 1 aromatic heterocycles. The number of carbonyl (C=O) groups excluding carboxylic acids is 2. The summed E-state index contributed by atoms with van der Waals surface area (Å²) < 4.78 is 6.10. The Balaban J connectivity index is 1.20. The normalized spacial score (nSPS) is 27.6. The standard InChI is InChI=1S/C31H38N4O4/c1-31(17-27-25-9-5-6-10-26(25)34-35-27,29(37)32-24(18-36)16-19-7-3-2-4-8-19)33-30(38)39-28-22-12-20-11-21(14-22)15-23(28)13-20/h2-10,20-24,28,36H,11-18H2,1H3,(H,32,37)(H,33,38)(H,34,35). The number of ether oxygens (including phenoxy) is 1. The summed E-state index contributed by atoms with van der Waals surface area (Å²) in [6.45, 7) is 1.50. The third-order valence-electron chi connectivity index (χ3n) is 9.21. The van der Waals surface area contributed by atoms with Crippen LogP contribution in [0.25, 0.3) is 10.9 Å². The largest absolute Gasteiger partial charge is 0.446 e. The maximum Gasteiger partial charge on any atom is 0.408 e. The van der Waals surface area contributed by atoms with Crippen LogP contribution in [0.15, 0.2) is 54.6 Å². The molecule has 1 heterocycles. The molecule has 4 aliphatic carbocycles. The van der Waals surface area contributed by atoms with Gasteiger partial charge in [-0.15, -0.1) is 0 Å². The lowest BCUT2D eigenvalue weighted by molar-refractivity contribution is -0.128. The zero-order valence-corrected chi connectivity index (χ0v) is 22.4. The number of benzene rings is 2. The molecule has 3 aromatic rings. The minimum absolute atomic E-state index is 0.0821. The lowest BCUT2D eigenvalue weighted by Gasteiger charge is -2.53. The first kappa shape index (κ1) is 25.9. The number of carbonyl (C=O) groups is 2. The summed E-state index contributed by atoms with van der Waals surface area (Å²) >= 11 is 0. The van der Waals surface area contributed by atoms with Crippen LogP contribution in [-0.4, -0.2) is 51.6 Å². The minimum atomic E-state index is -1.33. The van der Waals surface area contributed by atoms with Crippen LogP contribution in [-0.2, 0) is 22.4 Å². The smallest absolute Gasteiger partial charge is 0.408 e. The summed E-state index contributed by atoms with van der Waals surface area (Å²) in [6, 6.07) is 16.9. The summed E-state index contributed by atoms with van der Waals surface area (Å²) in [4.78, 5) is 27.2. The van der Waals surface area contributed by atoms with E-state index in [1.165, 1.54) is 6.42 Å². The molecule has 4 fully saturated rings. The highest BCUT2D eigenvalue weighted by Gasteiger charge is 2.50. The van der Waals surface area contributed by atoms with Crippen molar-refractivity contribution in [1.29, 1.82) is 0 Å². The monoisotopic (exact) mass is 530 g/mol. The number of aliphatic hydroxyl groups is 1. The van der Waals surface area contributed by atoms with Gasteiger partial charge in [-0.1, -0.05) is 48.5 Å². The predicted octanol–water partition coefficient (Wildman–Crippen LogP) is 4.13. The van der Waals surface area contributed by atoms with Gasteiger partial charge >= 0.3 is 6.09 Å². The predicted molar refractivity (Wildman–Crippen MR) is 148 cm³/mol. The van der Waals surface area contributed by atoms with Crippen molar-refractivity contribution in [3.63, 3.8) is 0 Å². The molecule has 8 heteroatoms. The van der Waals surface area contributed by atoms with Crippen molar-refractivity contribution in [2.24, 2.45) is 23.7 Å². The van der Waals surface area contributed by atoms with Gasteiger partial charge in [0, 0.05) is 17.5 Å². The highest BCUT2D eigenvalue weighted by atomic mass is 16.6. The van der Waals surface area contributed by atoms with Crippen LogP contribution in [0.1, 0.15) is 50.3 Å². The Labute approximate surface area is 228 Å². The maximum atomic E-state index is 13.8. The second-order valence-corrected chi connectivity index (χ2v) is 12.2. The summed E-state index contributed by atoms with van der Waals surface area (Å²) in [5, 5.41) is 24.3. The molecule has 8 nitrogen and oxygen atoms in total. The molecule has 2 aromatic carbocycles. The fourth-order valence-electron chi connectivity index (χ4n) is 7.53. The highest BCUT2D eigenvalue weighted by molar-refractivity contribution is 5.91. The Hall–Kier alpha value is -3.39. The van der Waals surface area contributed by atoms with Crippen LogP contribution in [0.2, 0.25) is 0 Å². The number of rotatable bonds is 9. The average Bonchev–Trinajstić information content (AvgIpc) is 3.32. The Morgan fingerprint density at radius 3 is 2.38 bits per heavy atom. The first-order chi connectivity index (χ1) is 18.9. The van der Waals surface area contributed by atoms with Gasteiger partial charge in [0.1, 0.15) is 11.6 Å². The molecule has 4 bridgehead atoms. The van der Waals surface area contributed by atoms with E-state index in [0.717, 1.165) is 59.7 Å². The lowest BCUT2D eigenvalue weighted by atomic mass is 9.55. The minimum Gasteiger partial charge on any atom is -0.446 e. The number of hydrogen-bond donors (Lipinski definition) is 4. The number of nitrogens with one attached hydrogen (secondary N) is 3. The molecule has 2 atom stereocenters. The number of H-pyrrole nitrogens is 1. The zero-order valence-electron chi connectivity index (χ0n) is 22.4. The quantitative estimate of drug-likeness (QED) is 0.332. The molecule has 2 unspecified atom stereocenters. The summed E-state index contributed by atoms with van der Waals surface area (Å²) in [5.41, 5.74) is 1.22.